The van der Waals surface area contributed by atoms with Crippen LogP contribution in [0.1, 0.15) is 90.4 Å². The summed E-state index contributed by atoms with van der Waals surface area (Å²) in [5.74, 6) is 0.342. The van der Waals surface area contributed by atoms with E-state index in [0.29, 0.717) is 24.7 Å². The Morgan fingerprint density at radius 2 is 1.67 bits per heavy atom. The minimum Gasteiger partial charge on any atom is -0.481 e. The van der Waals surface area contributed by atoms with Crippen molar-refractivity contribution in [2.45, 2.75) is 96.6 Å². The summed E-state index contributed by atoms with van der Waals surface area (Å²) in [4.78, 5) is 10.5. The van der Waals surface area contributed by atoms with Crippen molar-refractivity contribution in [3.63, 3.8) is 0 Å². The molecular weight excluding hydrogens is 266 g/mol. The summed E-state index contributed by atoms with van der Waals surface area (Å²) < 4.78 is 13.7. The van der Waals surface area contributed by atoms with Crippen LogP contribution in [0.2, 0.25) is 0 Å². The molecular formula is C18H33FO2. The van der Waals surface area contributed by atoms with E-state index < -0.39 is 12.1 Å². The van der Waals surface area contributed by atoms with Crippen LogP contribution in [0.15, 0.2) is 0 Å². The number of carboxylic acids is 1. The van der Waals surface area contributed by atoms with Crippen LogP contribution in [0.4, 0.5) is 4.39 Å². The monoisotopic (exact) mass is 299 g/mol. The number of hydrogen-bond acceptors (Lipinski definition) is 1. The summed E-state index contributed by atoms with van der Waals surface area (Å²) in [5, 5.41) is 8.69. The lowest BCUT2D eigenvalue weighted by atomic mass is 10.0. The Hall–Kier alpha value is -0.600. The van der Waals surface area contributed by atoms with Gasteiger partial charge in [-0.1, -0.05) is 64.7 Å². The van der Waals surface area contributed by atoms with Crippen molar-refractivity contribution >= 4 is 5.97 Å². The van der Waals surface area contributed by atoms with Crippen LogP contribution in [-0.2, 0) is 4.79 Å². The zero-order chi connectivity index (χ0) is 15.5. The van der Waals surface area contributed by atoms with E-state index in [1.807, 2.05) is 0 Å². The van der Waals surface area contributed by atoms with Crippen molar-refractivity contribution in [1.29, 1.82) is 0 Å². The highest BCUT2D eigenvalue weighted by Gasteiger charge is 2.37. The number of alkyl halides is 1. The molecule has 0 aromatic carbocycles. The number of aliphatic carboxylic acids is 1. The van der Waals surface area contributed by atoms with E-state index in [0.717, 1.165) is 38.5 Å². The fourth-order valence-electron chi connectivity index (χ4n) is 3.20. The van der Waals surface area contributed by atoms with Crippen LogP contribution in [0.5, 0.6) is 0 Å². The Kier molecular flexibility index (Phi) is 9.69. The lowest BCUT2D eigenvalue weighted by Crippen LogP contribution is -2.00. The van der Waals surface area contributed by atoms with E-state index >= 15 is 0 Å². The summed E-state index contributed by atoms with van der Waals surface area (Å²) >= 11 is 0. The highest BCUT2D eigenvalue weighted by Crippen LogP contribution is 2.44. The minimum absolute atomic E-state index is 0.328. The molecule has 1 fully saturated rings. The molecule has 0 aromatic rings. The highest BCUT2D eigenvalue weighted by molar-refractivity contribution is 5.67. The first-order valence-corrected chi connectivity index (χ1v) is 8.99. The first kappa shape index (κ1) is 18.4. The van der Waals surface area contributed by atoms with E-state index in [-0.39, 0.29) is 0 Å². The van der Waals surface area contributed by atoms with Crippen molar-refractivity contribution in [1.82, 2.24) is 0 Å². The van der Waals surface area contributed by atoms with Crippen molar-refractivity contribution in [3.05, 3.63) is 0 Å². The van der Waals surface area contributed by atoms with Gasteiger partial charge in [-0.05, 0) is 31.1 Å². The average Bonchev–Trinajstić information content (AvgIpc) is 3.16. The number of rotatable bonds is 14. The maximum Gasteiger partial charge on any atom is 0.303 e. The molecule has 0 amide bonds. The van der Waals surface area contributed by atoms with Gasteiger partial charge in [-0.3, -0.25) is 4.79 Å². The fourth-order valence-corrected chi connectivity index (χ4v) is 3.20. The molecule has 0 aromatic heterocycles. The van der Waals surface area contributed by atoms with Gasteiger partial charge >= 0.3 is 5.97 Å². The summed E-state index contributed by atoms with van der Waals surface area (Å²) in [6, 6.07) is 0. The van der Waals surface area contributed by atoms with Crippen LogP contribution in [0, 0.1) is 11.8 Å². The van der Waals surface area contributed by atoms with E-state index in [9.17, 15) is 9.18 Å². The van der Waals surface area contributed by atoms with Gasteiger partial charge in [-0.25, -0.2) is 4.39 Å². The van der Waals surface area contributed by atoms with Crippen molar-refractivity contribution in [2.24, 2.45) is 11.8 Å². The first-order chi connectivity index (χ1) is 10.1. The predicted octanol–water partition coefficient (Wildman–Crippen LogP) is 5.75. The minimum atomic E-state index is -0.676. The number of halogens is 1. The van der Waals surface area contributed by atoms with Crippen LogP contribution >= 0.6 is 0 Å². The van der Waals surface area contributed by atoms with E-state index in [1.54, 1.807) is 0 Å². The van der Waals surface area contributed by atoms with E-state index in [1.165, 1.54) is 32.1 Å². The predicted molar refractivity (Wildman–Crippen MR) is 85.2 cm³/mol. The molecule has 2 nitrogen and oxygen atoms in total. The molecule has 1 rings (SSSR count). The summed E-state index contributed by atoms with van der Waals surface area (Å²) in [6.45, 7) is 2.21. The number of carboxylic acid groups (broad SMARTS) is 1. The lowest BCUT2D eigenvalue weighted by Gasteiger charge is -2.08. The van der Waals surface area contributed by atoms with Gasteiger partial charge in [0.1, 0.15) is 6.17 Å². The molecule has 1 N–H and O–H groups in total. The van der Waals surface area contributed by atoms with Crippen molar-refractivity contribution in [3.8, 4) is 0 Å². The summed E-state index contributed by atoms with van der Waals surface area (Å²) in [7, 11) is 0. The van der Waals surface area contributed by atoms with Crippen molar-refractivity contribution < 1.29 is 14.3 Å². The van der Waals surface area contributed by atoms with Crippen LogP contribution in [0.3, 0.4) is 0 Å². The second kappa shape index (κ2) is 11.0. The van der Waals surface area contributed by atoms with E-state index in [4.69, 9.17) is 5.11 Å². The third-order valence-corrected chi connectivity index (χ3v) is 4.72. The number of hydrogen-bond donors (Lipinski definition) is 1. The van der Waals surface area contributed by atoms with Crippen LogP contribution in [0.25, 0.3) is 0 Å². The molecule has 3 heteroatoms. The molecule has 21 heavy (non-hydrogen) atoms. The molecule has 0 bridgehead atoms. The zero-order valence-corrected chi connectivity index (χ0v) is 13.7. The summed E-state index contributed by atoms with van der Waals surface area (Å²) in [6.07, 6.45) is 12.7. The molecule has 1 saturated carbocycles. The smallest absolute Gasteiger partial charge is 0.303 e. The molecule has 0 heterocycles. The SMILES string of the molecule is CCCCCCCCC([18F])CCCCC1CC1CC(=O)O. The molecule has 124 valence electrons. The molecule has 0 spiro atoms. The van der Waals surface area contributed by atoms with Crippen molar-refractivity contribution in [2.75, 3.05) is 0 Å². The fraction of sp³-hybridized carbons (Fsp3) is 0.944. The van der Waals surface area contributed by atoms with E-state index in [2.05, 4.69) is 6.92 Å². The highest BCUT2D eigenvalue weighted by atomic mass is 18.2. The van der Waals surface area contributed by atoms with Gasteiger partial charge < -0.3 is 5.11 Å². The van der Waals surface area contributed by atoms with Crippen LogP contribution < -0.4 is 0 Å². The summed E-state index contributed by atoms with van der Waals surface area (Å²) in [5.41, 5.74) is 0. The maximum atomic E-state index is 13.7. The van der Waals surface area contributed by atoms with Gasteiger partial charge in [-0.15, -0.1) is 0 Å². The molecule has 0 radical (unpaired) electrons. The molecule has 1 aliphatic carbocycles. The first-order valence-electron chi connectivity index (χ1n) is 8.99. The second-order valence-corrected chi connectivity index (χ2v) is 6.79. The zero-order valence-electron chi connectivity index (χ0n) is 13.7. The Morgan fingerprint density at radius 1 is 1.05 bits per heavy atom. The maximum absolute atomic E-state index is 13.7. The third kappa shape index (κ3) is 9.87. The van der Waals surface area contributed by atoms with Crippen LogP contribution in [-0.4, -0.2) is 17.2 Å². The Morgan fingerprint density at radius 3 is 2.33 bits per heavy atom. The largest absolute Gasteiger partial charge is 0.481 e. The molecule has 3 atom stereocenters. The third-order valence-electron chi connectivity index (χ3n) is 4.72. The van der Waals surface area contributed by atoms with Gasteiger partial charge in [-0.2, -0.15) is 0 Å². The Labute approximate surface area is 129 Å². The van der Waals surface area contributed by atoms with Gasteiger partial charge in [0.05, 0.1) is 0 Å². The molecule has 3 unspecified atom stereocenters. The molecule has 1 aliphatic rings. The standard InChI is InChI=1S/C18H33FO2/c1-2-3-4-5-6-7-11-17(19)12-9-8-10-15-13-16(15)14-18(20)21/h15-17H,2-14H2,1H3,(H,20,21)/i19-1. The average molecular weight is 299 g/mol. The Bertz CT molecular complexity index is 280. The molecule has 0 saturated heterocycles. The number of unbranched alkanes of at least 4 members (excludes halogenated alkanes) is 6. The lowest BCUT2D eigenvalue weighted by molar-refractivity contribution is -0.137. The van der Waals surface area contributed by atoms with Gasteiger partial charge in [0, 0.05) is 6.42 Å². The normalized spacial score (nSPS) is 22.2. The Balaban J connectivity index is 1.83. The van der Waals surface area contributed by atoms with Gasteiger partial charge in [0.25, 0.3) is 0 Å². The molecule has 0 aliphatic heterocycles. The quantitative estimate of drug-likeness (QED) is 0.415. The van der Waals surface area contributed by atoms with Gasteiger partial charge in [0.2, 0.25) is 0 Å². The topological polar surface area (TPSA) is 37.3 Å². The van der Waals surface area contributed by atoms with Gasteiger partial charge in [0.15, 0.2) is 0 Å². The second-order valence-electron chi connectivity index (χ2n) is 6.79. The number of carbonyl (C=O) groups is 1.